The van der Waals surface area contributed by atoms with E-state index in [2.05, 4.69) is 15.9 Å². The van der Waals surface area contributed by atoms with Crippen LogP contribution in [0.25, 0.3) is 0 Å². The summed E-state index contributed by atoms with van der Waals surface area (Å²) in [7, 11) is 1.35. The Labute approximate surface area is 200 Å². The van der Waals surface area contributed by atoms with Crippen molar-refractivity contribution in [2.75, 3.05) is 26.9 Å². The summed E-state index contributed by atoms with van der Waals surface area (Å²) in [5, 5.41) is 40.8. The smallest absolute Gasteiger partial charge is 0.224 e. The third-order valence-corrected chi connectivity index (χ3v) is 6.98. The Bertz CT molecular complexity index is 931. The summed E-state index contributed by atoms with van der Waals surface area (Å²) in [6.45, 7) is 0.796. The molecule has 180 valence electrons. The minimum atomic E-state index is -1.75. The summed E-state index contributed by atoms with van der Waals surface area (Å²) in [6, 6.07) is 13.2. The van der Waals surface area contributed by atoms with Crippen LogP contribution in [0.4, 0.5) is 0 Å². The molecule has 2 saturated heterocycles. The lowest BCUT2D eigenvalue weighted by molar-refractivity contribution is -0.366. The van der Waals surface area contributed by atoms with Gasteiger partial charge in [0.15, 0.2) is 0 Å². The molecule has 9 heteroatoms. The summed E-state index contributed by atoms with van der Waals surface area (Å²) in [4.78, 5) is 0. The van der Waals surface area contributed by atoms with E-state index >= 15 is 0 Å². The Kier molecular flexibility index (Phi) is 7.72. The van der Waals surface area contributed by atoms with Crippen molar-refractivity contribution < 1.29 is 39.4 Å². The lowest BCUT2D eigenvalue weighted by Gasteiger charge is -2.47. The van der Waals surface area contributed by atoms with E-state index in [0.29, 0.717) is 18.6 Å². The van der Waals surface area contributed by atoms with Crippen LogP contribution in [0.5, 0.6) is 5.75 Å². The van der Waals surface area contributed by atoms with Crippen LogP contribution in [-0.4, -0.2) is 77.9 Å². The first-order chi connectivity index (χ1) is 15.9. The molecule has 6 atom stereocenters. The lowest BCUT2D eigenvalue weighted by Crippen LogP contribution is -2.64. The van der Waals surface area contributed by atoms with Crippen LogP contribution >= 0.6 is 15.9 Å². The fraction of sp³-hybridized carbons (Fsp3) is 0.500. The van der Waals surface area contributed by atoms with Crippen LogP contribution in [0, 0.1) is 0 Å². The number of methoxy groups -OCH3 is 1. The molecule has 2 aliphatic heterocycles. The molecule has 0 saturated carbocycles. The normalized spacial score (nSPS) is 32.1. The quantitative estimate of drug-likeness (QED) is 0.430. The van der Waals surface area contributed by atoms with E-state index < -0.39 is 36.8 Å². The van der Waals surface area contributed by atoms with E-state index in [-0.39, 0.29) is 6.10 Å². The van der Waals surface area contributed by atoms with E-state index in [1.54, 1.807) is 6.07 Å². The van der Waals surface area contributed by atoms with Crippen LogP contribution in [0.2, 0.25) is 0 Å². The van der Waals surface area contributed by atoms with Crippen LogP contribution < -0.4 is 4.74 Å². The van der Waals surface area contributed by atoms with Crippen molar-refractivity contribution in [3.05, 3.63) is 63.6 Å². The van der Waals surface area contributed by atoms with Crippen LogP contribution in [-0.2, 0) is 26.4 Å². The van der Waals surface area contributed by atoms with Gasteiger partial charge in [0, 0.05) is 23.6 Å². The van der Waals surface area contributed by atoms with Crippen molar-refractivity contribution in [3.63, 3.8) is 0 Å². The molecule has 0 amide bonds. The molecule has 33 heavy (non-hydrogen) atoms. The second kappa shape index (κ2) is 10.4. The minimum Gasteiger partial charge on any atom is -0.488 e. The molecule has 0 radical (unpaired) electrons. The monoisotopic (exact) mass is 524 g/mol. The highest BCUT2D eigenvalue weighted by atomic mass is 79.9. The number of rotatable bonds is 7. The summed E-state index contributed by atoms with van der Waals surface area (Å²) < 4.78 is 23.5. The summed E-state index contributed by atoms with van der Waals surface area (Å²) >= 11 is 3.57. The summed E-state index contributed by atoms with van der Waals surface area (Å²) in [5.74, 6) is -0.954. The highest BCUT2D eigenvalue weighted by molar-refractivity contribution is 9.10. The third kappa shape index (κ3) is 4.96. The standard InChI is InChI=1S/C24H29BrO8/c1-30-24(23(29)22(28)21(27)20(12-26)33-24)16-4-7-19(25)15(11-16)10-14-2-5-17(6-3-14)32-18-8-9-31-13-18/h2-7,11,18,20-23,26-29H,8-10,12-13H2,1H3/t18-,20-,21-,22+,23-,24?/m1/s1. The molecule has 2 aromatic carbocycles. The van der Waals surface area contributed by atoms with Gasteiger partial charge in [-0.2, -0.15) is 0 Å². The maximum absolute atomic E-state index is 10.7. The van der Waals surface area contributed by atoms with Crippen molar-refractivity contribution in [2.45, 2.75) is 49.1 Å². The molecule has 0 spiro atoms. The Morgan fingerprint density at radius 3 is 2.48 bits per heavy atom. The SMILES string of the molecule is COC1(c2ccc(Br)c(Cc3ccc(O[C@@H]4CCOC4)cc3)c2)O[C@H](CO)[C@@H](O)[C@H](O)[C@H]1O. The molecular weight excluding hydrogens is 496 g/mol. The minimum absolute atomic E-state index is 0.0884. The van der Waals surface area contributed by atoms with Gasteiger partial charge in [-0.05, 0) is 41.8 Å². The van der Waals surface area contributed by atoms with Crippen LogP contribution in [0.15, 0.2) is 46.9 Å². The Morgan fingerprint density at radius 2 is 1.85 bits per heavy atom. The molecule has 0 aromatic heterocycles. The molecule has 4 N–H and O–H groups in total. The van der Waals surface area contributed by atoms with E-state index in [1.807, 2.05) is 36.4 Å². The number of hydrogen-bond donors (Lipinski definition) is 4. The highest BCUT2D eigenvalue weighted by Gasteiger charge is 2.55. The Balaban J connectivity index is 1.57. The van der Waals surface area contributed by atoms with Gasteiger partial charge in [0.2, 0.25) is 5.79 Å². The average molecular weight is 525 g/mol. The predicted molar refractivity (Wildman–Crippen MR) is 122 cm³/mol. The third-order valence-electron chi connectivity index (χ3n) is 6.21. The van der Waals surface area contributed by atoms with Crippen LogP contribution in [0.3, 0.4) is 0 Å². The molecule has 2 heterocycles. The molecule has 2 fully saturated rings. The second-order valence-corrected chi connectivity index (χ2v) is 9.22. The van der Waals surface area contributed by atoms with E-state index in [9.17, 15) is 20.4 Å². The number of ether oxygens (including phenoxy) is 4. The van der Waals surface area contributed by atoms with Gasteiger partial charge >= 0.3 is 0 Å². The maximum atomic E-state index is 10.7. The van der Waals surface area contributed by atoms with Gasteiger partial charge in [0.05, 0.1) is 19.8 Å². The Hall–Kier alpha value is -1.56. The number of hydrogen-bond acceptors (Lipinski definition) is 8. The van der Waals surface area contributed by atoms with Gasteiger partial charge in [-0.3, -0.25) is 0 Å². The van der Waals surface area contributed by atoms with E-state index in [4.69, 9.17) is 18.9 Å². The zero-order valence-electron chi connectivity index (χ0n) is 18.3. The molecule has 1 unspecified atom stereocenters. The maximum Gasteiger partial charge on any atom is 0.224 e. The van der Waals surface area contributed by atoms with Gasteiger partial charge < -0.3 is 39.4 Å². The van der Waals surface area contributed by atoms with Crippen LogP contribution in [0.1, 0.15) is 23.1 Å². The Morgan fingerprint density at radius 1 is 1.09 bits per heavy atom. The molecule has 2 aliphatic rings. The molecule has 2 aromatic rings. The average Bonchev–Trinajstić information content (AvgIpc) is 3.34. The van der Waals surface area contributed by atoms with E-state index in [1.165, 1.54) is 7.11 Å². The van der Waals surface area contributed by atoms with Gasteiger partial charge in [0.25, 0.3) is 0 Å². The largest absolute Gasteiger partial charge is 0.488 e. The first kappa shape index (κ1) is 24.6. The van der Waals surface area contributed by atoms with Gasteiger partial charge in [-0.25, -0.2) is 0 Å². The zero-order valence-corrected chi connectivity index (χ0v) is 19.8. The molecule has 0 aliphatic carbocycles. The fourth-order valence-electron chi connectivity index (χ4n) is 4.30. The van der Waals surface area contributed by atoms with Crippen molar-refractivity contribution >= 4 is 15.9 Å². The zero-order chi connectivity index (χ0) is 23.6. The molecule has 8 nitrogen and oxygen atoms in total. The summed E-state index contributed by atoms with van der Waals surface area (Å²) in [6.07, 6.45) is -4.13. The first-order valence-corrected chi connectivity index (χ1v) is 11.7. The number of halogens is 1. The lowest BCUT2D eigenvalue weighted by atomic mass is 9.87. The molecular formula is C24H29BrO8. The highest BCUT2D eigenvalue weighted by Crippen LogP contribution is 2.40. The second-order valence-electron chi connectivity index (χ2n) is 8.37. The number of benzene rings is 2. The van der Waals surface area contributed by atoms with Crippen molar-refractivity contribution in [3.8, 4) is 5.75 Å². The van der Waals surface area contributed by atoms with Crippen molar-refractivity contribution in [2.24, 2.45) is 0 Å². The van der Waals surface area contributed by atoms with Gasteiger partial charge in [-0.1, -0.05) is 34.1 Å². The van der Waals surface area contributed by atoms with Gasteiger partial charge in [0.1, 0.15) is 36.3 Å². The van der Waals surface area contributed by atoms with Gasteiger partial charge in [-0.15, -0.1) is 0 Å². The number of aliphatic hydroxyl groups excluding tert-OH is 4. The molecule has 0 bridgehead atoms. The fourth-order valence-corrected chi connectivity index (χ4v) is 4.68. The topological polar surface area (TPSA) is 118 Å². The van der Waals surface area contributed by atoms with Crippen molar-refractivity contribution in [1.29, 1.82) is 0 Å². The van der Waals surface area contributed by atoms with Crippen molar-refractivity contribution in [1.82, 2.24) is 0 Å². The first-order valence-electron chi connectivity index (χ1n) is 10.9. The number of aliphatic hydroxyl groups is 4. The summed E-state index contributed by atoms with van der Waals surface area (Å²) in [5.41, 5.74) is 2.41. The molecule has 4 rings (SSSR count). The predicted octanol–water partition coefficient (Wildman–Crippen LogP) is 1.48. The van der Waals surface area contributed by atoms with E-state index in [0.717, 1.165) is 34.4 Å².